The summed E-state index contributed by atoms with van der Waals surface area (Å²) < 4.78 is 5.87. The maximum atomic E-state index is 5.87. The van der Waals surface area contributed by atoms with Gasteiger partial charge in [-0.2, -0.15) is 0 Å². The summed E-state index contributed by atoms with van der Waals surface area (Å²) in [5, 5.41) is 0. The van der Waals surface area contributed by atoms with E-state index in [0.29, 0.717) is 0 Å². The summed E-state index contributed by atoms with van der Waals surface area (Å²) in [5.41, 5.74) is 7.71. The Labute approximate surface area is 124 Å². The molecule has 0 aliphatic heterocycles. The molecule has 0 bridgehead atoms. The summed E-state index contributed by atoms with van der Waals surface area (Å²) in [6, 6.07) is 5.84. The lowest BCUT2D eigenvalue weighted by molar-refractivity contribution is 0.302. The Hall–Kier alpha value is -1.44. The molecule has 0 radical (unpaired) electrons. The maximum absolute atomic E-state index is 5.87. The largest absolute Gasteiger partial charge is 0.493 e. The normalized spacial score (nSPS) is 10.4. The average molecular weight is 275 g/mol. The van der Waals surface area contributed by atoms with Gasteiger partial charge in [0, 0.05) is 5.69 Å². The first-order valence-corrected chi connectivity index (χ1v) is 7.90. The van der Waals surface area contributed by atoms with Gasteiger partial charge >= 0.3 is 0 Å². The highest BCUT2D eigenvalue weighted by Crippen LogP contribution is 2.22. The van der Waals surface area contributed by atoms with Crippen molar-refractivity contribution in [3.63, 3.8) is 0 Å². The highest BCUT2D eigenvalue weighted by molar-refractivity contribution is 5.48. The molecule has 0 saturated carbocycles. The van der Waals surface area contributed by atoms with Crippen molar-refractivity contribution in [3.05, 3.63) is 36.4 Å². The number of anilines is 1. The van der Waals surface area contributed by atoms with Gasteiger partial charge in [-0.1, -0.05) is 51.5 Å². The molecule has 0 unspecified atom stereocenters. The molecule has 0 saturated heterocycles. The van der Waals surface area contributed by atoms with E-state index < -0.39 is 0 Å². The first-order valence-electron chi connectivity index (χ1n) is 7.90. The SMILES string of the molecule is C=CCc1cc(N)ccc1OCCCCCCCCC. The van der Waals surface area contributed by atoms with Crippen molar-refractivity contribution in [1.29, 1.82) is 0 Å². The van der Waals surface area contributed by atoms with Gasteiger partial charge in [0.1, 0.15) is 5.75 Å². The van der Waals surface area contributed by atoms with E-state index in [0.717, 1.165) is 36.4 Å². The molecule has 0 amide bonds. The quantitative estimate of drug-likeness (QED) is 0.345. The number of unbranched alkanes of at least 4 members (excludes halogenated alkanes) is 6. The predicted molar refractivity (Wildman–Crippen MR) is 88.2 cm³/mol. The number of hydrogen-bond acceptors (Lipinski definition) is 2. The van der Waals surface area contributed by atoms with Crippen LogP contribution in [0.1, 0.15) is 57.4 Å². The molecular weight excluding hydrogens is 246 g/mol. The Morgan fingerprint density at radius 2 is 1.80 bits per heavy atom. The van der Waals surface area contributed by atoms with Crippen LogP contribution < -0.4 is 10.5 Å². The minimum Gasteiger partial charge on any atom is -0.493 e. The van der Waals surface area contributed by atoms with Crippen LogP contribution in [0, 0.1) is 0 Å². The summed E-state index contributed by atoms with van der Waals surface area (Å²) in [5.74, 6) is 0.949. The number of hydrogen-bond donors (Lipinski definition) is 1. The van der Waals surface area contributed by atoms with Crippen LogP contribution in [0.3, 0.4) is 0 Å². The Morgan fingerprint density at radius 3 is 2.50 bits per heavy atom. The van der Waals surface area contributed by atoms with Crippen molar-refractivity contribution in [2.24, 2.45) is 0 Å². The highest BCUT2D eigenvalue weighted by atomic mass is 16.5. The van der Waals surface area contributed by atoms with E-state index in [1.807, 2.05) is 24.3 Å². The fourth-order valence-electron chi connectivity index (χ4n) is 2.30. The van der Waals surface area contributed by atoms with Gasteiger partial charge in [0.25, 0.3) is 0 Å². The monoisotopic (exact) mass is 275 g/mol. The van der Waals surface area contributed by atoms with E-state index in [2.05, 4.69) is 13.5 Å². The molecule has 2 N–H and O–H groups in total. The number of allylic oxidation sites excluding steroid dienone is 1. The van der Waals surface area contributed by atoms with Gasteiger partial charge in [0.2, 0.25) is 0 Å². The van der Waals surface area contributed by atoms with Gasteiger partial charge in [-0.05, 0) is 36.6 Å². The second kappa shape index (κ2) is 10.4. The van der Waals surface area contributed by atoms with E-state index in [4.69, 9.17) is 10.5 Å². The van der Waals surface area contributed by atoms with Gasteiger partial charge < -0.3 is 10.5 Å². The van der Waals surface area contributed by atoms with Gasteiger partial charge in [0.05, 0.1) is 6.61 Å². The lowest BCUT2D eigenvalue weighted by Gasteiger charge is -2.11. The smallest absolute Gasteiger partial charge is 0.122 e. The minimum atomic E-state index is 0.783. The van der Waals surface area contributed by atoms with E-state index in [9.17, 15) is 0 Å². The molecule has 1 aromatic carbocycles. The zero-order valence-electron chi connectivity index (χ0n) is 12.9. The Balaban J connectivity index is 2.22. The predicted octanol–water partition coefficient (Wildman–Crippen LogP) is 5.13. The molecule has 2 heteroatoms. The zero-order valence-corrected chi connectivity index (χ0v) is 12.9. The molecule has 112 valence electrons. The maximum Gasteiger partial charge on any atom is 0.122 e. The number of benzene rings is 1. The molecule has 0 fully saturated rings. The topological polar surface area (TPSA) is 35.2 Å². The van der Waals surface area contributed by atoms with Gasteiger partial charge in [-0.3, -0.25) is 0 Å². The number of nitrogen functional groups attached to an aromatic ring is 1. The molecule has 0 atom stereocenters. The zero-order chi connectivity index (χ0) is 14.6. The van der Waals surface area contributed by atoms with Crippen molar-refractivity contribution in [2.45, 2.75) is 58.3 Å². The third-order valence-electron chi connectivity index (χ3n) is 3.45. The third kappa shape index (κ3) is 6.65. The summed E-state index contributed by atoms with van der Waals surface area (Å²) in [6.07, 6.45) is 11.8. The number of ether oxygens (including phenoxy) is 1. The Morgan fingerprint density at radius 1 is 1.10 bits per heavy atom. The fraction of sp³-hybridized carbons (Fsp3) is 0.556. The van der Waals surface area contributed by atoms with Crippen molar-refractivity contribution < 1.29 is 4.74 Å². The van der Waals surface area contributed by atoms with Gasteiger partial charge in [0.15, 0.2) is 0 Å². The Kier molecular flexibility index (Phi) is 8.61. The van der Waals surface area contributed by atoms with Crippen molar-refractivity contribution >= 4 is 5.69 Å². The van der Waals surface area contributed by atoms with Gasteiger partial charge in [-0.15, -0.1) is 6.58 Å². The minimum absolute atomic E-state index is 0.783. The first kappa shape index (κ1) is 16.6. The van der Waals surface area contributed by atoms with Crippen molar-refractivity contribution in [1.82, 2.24) is 0 Å². The second-order valence-electron chi connectivity index (χ2n) is 5.33. The lowest BCUT2D eigenvalue weighted by atomic mass is 10.1. The molecule has 0 aliphatic rings. The molecule has 2 nitrogen and oxygen atoms in total. The van der Waals surface area contributed by atoms with Crippen LogP contribution in [0.4, 0.5) is 5.69 Å². The van der Waals surface area contributed by atoms with E-state index in [-0.39, 0.29) is 0 Å². The van der Waals surface area contributed by atoms with Crippen LogP contribution in [-0.2, 0) is 6.42 Å². The number of nitrogens with two attached hydrogens (primary N) is 1. The molecule has 1 rings (SSSR count). The third-order valence-corrected chi connectivity index (χ3v) is 3.45. The summed E-state index contributed by atoms with van der Waals surface area (Å²) >= 11 is 0. The fourth-order valence-corrected chi connectivity index (χ4v) is 2.30. The molecule has 1 aromatic rings. The average Bonchev–Trinajstić information content (AvgIpc) is 2.44. The molecule has 0 aliphatic carbocycles. The molecule has 0 spiro atoms. The van der Waals surface area contributed by atoms with Crippen molar-refractivity contribution in [2.75, 3.05) is 12.3 Å². The molecule has 20 heavy (non-hydrogen) atoms. The van der Waals surface area contributed by atoms with Crippen LogP contribution >= 0.6 is 0 Å². The summed E-state index contributed by atoms with van der Waals surface area (Å²) in [6.45, 7) is 6.82. The number of rotatable bonds is 11. The van der Waals surface area contributed by atoms with E-state index >= 15 is 0 Å². The second-order valence-corrected chi connectivity index (χ2v) is 5.33. The molecule has 0 aromatic heterocycles. The molecule has 0 heterocycles. The van der Waals surface area contributed by atoms with Crippen LogP contribution in [0.15, 0.2) is 30.9 Å². The van der Waals surface area contributed by atoms with Crippen LogP contribution in [0.2, 0.25) is 0 Å². The van der Waals surface area contributed by atoms with Crippen molar-refractivity contribution in [3.8, 4) is 5.75 Å². The summed E-state index contributed by atoms with van der Waals surface area (Å²) in [7, 11) is 0. The van der Waals surface area contributed by atoms with Crippen LogP contribution in [0.5, 0.6) is 5.75 Å². The molecular formula is C18H29NO. The van der Waals surface area contributed by atoms with Crippen LogP contribution in [0.25, 0.3) is 0 Å². The Bertz CT molecular complexity index is 387. The first-order chi connectivity index (χ1) is 9.77. The van der Waals surface area contributed by atoms with Gasteiger partial charge in [-0.25, -0.2) is 0 Å². The highest BCUT2D eigenvalue weighted by Gasteiger charge is 2.03. The lowest BCUT2D eigenvalue weighted by Crippen LogP contribution is -2.01. The van der Waals surface area contributed by atoms with E-state index in [1.54, 1.807) is 0 Å². The standard InChI is InChI=1S/C18H29NO/c1-3-5-6-7-8-9-10-14-20-18-13-12-17(19)15-16(18)11-4-2/h4,12-13,15H,2-3,5-11,14,19H2,1H3. The van der Waals surface area contributed by atoms with Crippen LogP contribution in [-0.4, -0.2) is 6.61 Å². The summed E-state index contributed by atoms with van der Waals surface area (Å²) in [4.78, 5) is 0. The van der Waals surface area contributed by atoms with E-state index in [1.165, 1.54) is 38.5 Å².